The molecule has 1 aromatic carbocycles. The van der Waals surface area contributed by atoms with Crippen LogP contribution >= 0.6 is 0 Å². The first kappa shape index (κ1) is 17.9. The molecule has 0 aliphatic carbocycles. The highest BCUT2D eigenvalue weighted by atomic mass is 19.3. The molecule has 3 nitrogen and oxygen atoms in total. The van der Waals surface area contributed by atoms with E-state index >= 15 is 0 Å². The molecule has 0 atom stereocenters. The van der Waals surface area contributed by atoms with E-state index in [0.717, 1.165) is 18.7 Å². The molecule has 21 heavy (non-hydrogen) atoms. The number of hydrogen-bond acceptors (Lipinski definition) is 3. The quantitative estimate of drug-likeness (QED) is 0.797. The molecule has 0 saturated carbocycles. The Morgan fingerprint density at radius 1 is 1.24 bits per heavy atom. The van der Waals surface area contributed by atoms with Gasteiger partial charge in [-0.05, 0) is 17.9 Å². The van der Waals surface area contributed by atoms with Gasteiger partial charge in [0.25, 0.3) is 0 Å². The highest BCUT2D eigenvalue weighted by Gasteiger charge is 2.18. The van der Waals surface area contributed by atoms with Gasteiger partial charge in [-0.25, -0.2) is 0 Å². The van der Waals surface area contributed by atoms with Crippen molar-refractivity contribution in [3.8, 4) is 5.75 Å². The SMILES string of the molecule is CC(C)(C)CN(CCCO)Cc1ccccc1OC(F)F. The predicted molar refractivity (Wildman–Crippen MR) is 79.5 cm³/mol. The fourth-order valence-electron chi connectivity index (χ4n) is 2.27. The van der Waals surface area contributed by atoms with Crippen molar-refractivity contribution in [1.29, 1.82) is 0 Å². The van der Waals surface area contributed by atoms with Crippen LogP contribution in [0.5, 0.6) is 5.75 Å². The maximum Gasteiger partial charge on any atom is 0.387 e. The molecule has 0 bridgehead atoms. The molecular weight excluding hydrogens is 276 g/mol. The molecule has 1 aromatic rings. The van der Waals surface area contributed by atoms with Crippen LogP contribution in [0.2, 0.25) is 0 Å². The Morgan fingerprint density at radius 2 is 1.90 bits per heavy atom. The van der Waals surface area contributed by atoms with Crippen LogP contribution in [0.15, 0.2) is 24.3 Å². The zero-order valence-corrected chi connectivity index (χ0v) is 13.0. The normalized spacial score (nSPS) is 12.2. The van der Waals surface area contributed by atoms with Gasteiger partial charge in [0.1, 0.15) is 5.75 Å². The zero-order chi connectivity index (χ0) is 15.9. The van der Waals surface area contributed by atoms with E-state index in [4.69, 9.17) is 5.11 Å². The van der Waals surface area contributed by atoms with Gasteiger partial charge in [0.2, 0.25) is 0 Å². The number of aliphatic hydroxyl groups excluding tert-OH is 1. The standard InChI is InChI=1S/C16H25F2NO2/c1-16(2,3)12-19(9-6-10-20)11-13-7-4-5-8-14(13)21-15(17)18/h4-5,7-8,15,20H,6,9-12H2,1-3H3. The van der Waals surface area contributed by atoms with Gasteiger partial charge in [-0.15, -0.1) is 0 Å². The molecule has 0 saturated heterocycles. The van der Waals surface area contributed by atoms with Gasteiger partial charge in [0, 0.05) is 31.8 Å². The van der Waals surface area contributed by atoms with Crippen LogP contribution in [0.3, 0.4) is 0 Å². The van der Waals surface area contributed by atoms with Crippen molar-refractivity contribution < 1.29 is 18.6 Å². The van der Waals surface area contributed by atoms with E-state index in [1.54, 1.807) is 18.2 Å². The average molecular weight is 301 g/mol. The first-order chi connectivity index (χ1) is 9.81. The summed E-state index contributed by atoms with van der Waals surface area (Å²) in [6.07, 6.45) is 0.661. The minimum absolute atomic E-state index is 0.0912. The molecule has 0 spiro atoms. The zero-order valence-electron chi connectivity index (χ0n) is 13.0. The molecule has 0 aliphatic rings. The van der Waals surface area contributed by atoms with Gasteiger partial charge < -0.3 is 9.84 Å². The summed E-state index contributed by atoms with van der Waals surface area (Å²) in [5.41, 5.74) is 0.827. The maximum absolute atomic E-state index is 12.4. The van der Waals surface area contributed by atoms with Crippen molar-refractivity contribution in [1.82, 2.24) is 4.90 Å². The van der Waals surface area contributed by atoms with Crippen LogP contribution in [-0.4, -0.2) is 36.3 Å². The Bertz CT molecular complexity index is 419. The molecule has 0 unspecified atom stereocenters. The highest BCUT2D eigenvalue weighted by Crippen LogP contribution is 2.24. The van der Waals surface area contributed by atoms with Gasteiger partial charge in [-0.2, -0.15) is 8.78 Å². The summed E-state index contributed by atoms with van der Waals surface area (Å²) in [6.45, 7) is 5.74. The fourth-order valence-corrected chi connectivity index (χ4v) is 2.27. The monoisotopic (exact) mass is 301 g/mol. The van der Waals surface area contributed by atoms with Crippen molar-refractivity contribution in [2.45, 2.75) is 40.3 Å². The van der Waals surface area contributed by atoms with Crippen molar-refractivity contribution in [2.24, 2.45) is 5.41 Å². The van der Waals surface area contributed by atoms with E-state index in [0.29, 0.717) is 13.0 Å². The van der Waals surface area contributed by atoms with Gasteiger partial charge >= 0.3 is 6.61 Å². The predicted octanol–water partition coefficient (Wildman–Crippen LogP) is 3.52. The molecular formula is C16H25F2NO2. The van der Waals surface area contributed by atoms with Crippen molar-refractivity contribution in [3.63, 3.8) is 0 Å². The number of rotatable bonds is 8. The second-order valence-electron chi connectivity index (χ2n) is 6.33. The molecule has 5 heteroatoms. The van der Waals surface area contributed by atoms with Crippen LogP contribution in [0.4, 0.5) is 8.78 Å². The third kappa shape index (κ3) is 7.39. The highest BCUT2D eigenvalue weighted by molar-refractivity contribution is 5.33. The Kier molecular flexibility index (Phi) is 7.05. The van der Waals surface area contributed by atoms with E-state index in [1.165, 1.54) is 0 Å². The first-order valence-corrected chi connectivity index (χ1v) is 7.18. The molecule has 0 radical (unpaired) electrons. The topological polar surface area (TPSA) is 32.7 Å². The van der Waals surface area contributed by atoms with Crippen molar-refractivity contribution in [2.75, 3.05) is 19.7 Å². The van der Waals surface area contributed by atoms with E-state index in [9.17, 15) is 8.78 Å². The molecule has 0 heterocycles. The second kappa shape index (κ2) is 8.29. The van der Waals surface area contributed by atoms with Gasteiger partial charge in [0.05, 0.1) is 0 Å². The minimum Gasteiger partial charge on any atom is -0.434 e. The molecule has 120 valence electrons. The fraction of sp³-hybridized carbons (Fsp3) is 0.625. The lowest BCUT2D eigenvalue weighted by molar-refractivity contribution is -0.0508. The number of halogens is 2. The smallest absolute Gasteiger partial charge is 0.387 e. The number of ether oxygens (including phenoxy) is 1. The average Bonchev–Trinajstić information content (AvgIpc) is 2.36. The summed E-state index contributed by atoms with van der Waals surface area (Å²) < 4.78 is 29.5. The summed E-state index contributed by atoms with van der Waals surface area (Å²) in [4.78, 5) is 2.16. The van der Waals surface area contributed by atoms with Crippen molar-refractivity contribution >= 4 is 0 Å². The Hall–Kier alpha value is -1.20. The molecule has 0 aromatic heterocycles. The summed E-state index contributed by atoms with van der Waals surface area (Å²) in [6, 6.07) is 6.85. The third-order valence-electron chi connectivity index (χ3n) is 2.91. The number of benzene rings is 1. The minimum atomic E-state index is -2.82. The molecule has 0 amide bonds. The summed E-state index contributed by atoms with van der Waals surface area (Å²) in [7, 11) is 0. The Morgan fingerprint density at radius 3 is 2.48 bits per heavy atom. The summed E-state index contributed by atoms with van der Waals surface area (Å²) in [5, 5.41) is 9.00. The van der Waals surface area contributed by atoms with E-state index < -0.39 is 6.61 Å². The van der Waals surface area contributed by atoms with Crippen LogP contribution in [0.1, 0.15) is 32.8 Å². The van der Waals surface area contributed by atoms with Crippen LogP contribution in [0, 0.1) is 5.41 Å². The van der Waals surface area contributed by atoms with Gasteiger partial charge in [-0.3, -0.25) is 4.90 Å². The van der Waals surface area contributed by atoms with E-state index in [-0.39, 0.29) is 17.8 Å². The summed E-state index contributed by atoms with van der Waals surface area (Å²) >= 11 is 0. The van der Waals surface area contributed by atoms with Crippen LogP contribution in [-0.2, 0) is 6.54 Å². The Labute approximate surface area is 125 Å². The van der Waals surface area contributed by atoms with Crippen LogP contribution in [0.25, 0.3) is 0 Å². The van der Waals surface area contributed by atoms with Crippen molar-refractivity contribution in [3.05, 3.63) is 29.8 Å². The van der Waals surface area contributed by atoms with Gasteiger partial charge in [-0.1, -0.05) is 39.0 Å². The lowest BCUT2D eigenvalue weighted by Gasteiger charge is -2.30. The number of nitrogens with zero attached hydrogens (tertiary/aromatic N) is 1. The number of hydrogen-bond donors (Lipinski definition) is 1. The first-order valence-electron chi connectivity index (χ1n) is 7.18. The van der Waals surface area contributed by atoms with E-state index in [2.05, 4.69) is 30.4 Å². The Balaban J connectivity index is 2.81. The maximum atomic E-state index is 12.4. The third-order valence-corrected chi connectivity index (χ3v) is 2.91. The summed E-state index contributed by atoms with van der Waals surface area (Å²) in [5.74, 6) is 0.218. The molecule has 1 N–H and O–H groups in total. The number of alkyl halides is 2. The number of para-hydroxylation sites is 1. The number of aliphatic hydroxyl groups is 1. The lowest BCUT2D eigenvalue weighted by atomic mass is 9.95. The molecule has 1 rings (SSSR count). The van der Waals surface area contributed by atoms with Crippen LogP contribution < -0.4 is 4.74 Å². The van der Waals surface area contributed by atoms with E-state index in [1.807, 2.05) is 6.07 Å². The molecule has 0 fully saturated rings. The van der Waals surface area contributed by atoms with Gasteiger partial charge in [0.15, 0.2) is 0 Å². The second-order valence-corrected chi connectivity index (χ2v) is 6.33. The largest absolute Gasteiger partial charge is 0.434 e. The molecule has 0 aliphatic heterocycles. The lowest BCUT2D eigenvalue weighted by Crippen LogP contribution is -2.33.